The van der Waals surface area contributed by atoms with Crippen LogP contribution < -0.4 is 15.5 Å². The fourth-order valence-electron chi connectivity index (χ4n) is 4.01. The number of thiazole rings is 1. The number of pyridine rings is 1. The lowest BCUT2D eigenvalue weighted by molar-refractivity contribution is 0.603. The minimum atomic E-state index is -0.343. The summed E-state index contributed by atoms with van der Waals surface area (Å²) >= 11 is 1.24. The van der Waals surface area contributed by atoms with Crippen molar-refractivity contribution >= 4 is 27.7 Å². The first-order chi connectivity index (χ1) is 17.0. The summed E-state index contributed by atoms with van der Waals surface area (Å²) in [4.78, 5) is 7.03. The number of nitrogens with zero attached hydrogens (tertiary/aromatic N) is 5. The first-order valence-electron chi connectivity index (χ1n) is 11.5. The molecule has 7 nitrogen and oxygen atoms in total. The molecular weight excluding hydrogens is 468 g/mol. The molecule has 0 fully saturated rings. The van der Waals surface area contributed by atoms with Crippen LogP contribution in [0.5, 0.6) is 0 Å². The average molecular weight is 496 g/mol. The van der Waals surface area contributed by atoms with Crippen molar-refractivity contribution in [3.8, 4) is 17.3 Å². The van der Waals surface area contributed by atoms with E-state index in [4.69, 9.17) is 0 Å². The summed E-state index contributed by atoms with van der Waals surface area (Å²) in [7, 11) is 1.87. The van der Waals surface area contributed by atoms with Crippen molar-refractivity contribution in [1.29, 1.82) is 5.26 Å². The van der Waals surface area contributed by atoms with Gasteiger partial charge in [0, 0.05) is 37.3 Å². The van der Waals surface area contributed by atoms with Gasteiger partial charge in [0.1, 0.15) is 22.5 Å². The summed E-state index contributed by atoms with van der Waals surface area (Å²) in [6.07, 6.45) is 2.12. The highest BCUT2D eigenvalue weighted by molar-refractivity contribution is 7.16. The van der Waals surface area contributed by atoms with Gasteiger partial charge < -0.3 is 15.5 Å². The topological polar surface area (TPSA) is 81.3 Å². The number of nitrogens with one attached hydrogen (secondary N) is 2. The number of rotatable bonds is 10. The Kier molecular flexibility index (Phi) is 7.58. The highest BCUT2D eigenvalue weighted by Crippen LogP contribution is 2.32. The van der Waals surface area contributed by atoms with Crippen LogP contribution in [0.4, 0.5) is 19.6 Å². The average Bonchev–Trinajstić information content (AvgIpc) is 3.44. The zero-order valence-electron chi connectivity index (χ0n) is 19.9. The van der Waals surface area contributed by atoms with Crippen molar-refractivity contribution in [3.63, 3.8) is 0 Å². The van der Waals surface area contributed by atoms with Gasteiger partial charge in [-0.25, -0.2) is 18.3 Å². The Bertz CT molecular complexity index is 1360. The van der Waals surface area contributed by atoms with Gasteiger partial charge in [-0.05, 0) is 50.7 Å². The van der Waals surface area contributed by atoms with Crippen molar-refractivity contribution in [2.24, 2.45) is 0 Å². The summed E-state index contributed by atoms with van der Waals surface area (Å²) in [5.74, 6) is -0.660. The fourth-order valence-corrected chi connectivity index (χ4v) is 4.79. The predicted octanol–water partition coefficient (Wildman–Crippen LogP) is 4.83. The molecule has 1 aromatic carbocycles. The van der Waals surface area contributed by atoms with E-state index < -0.39 is 0 Å². The maximum absolute atomic E-state index is 15.0. The Morgan fingerprint density at radius 2 is 1.97 bits per heavy atom. The summed E-state index contributed by atoms with van der Waals surface area (Å²) in [5, 5.41) is 21.2. The molecule has 0 saturated heterocycles. The SMILES string of the molecule is CCc1nn2cc(F)c(N(CC)CCNC)cc2c1CNc1nc(-c2ccc(F)cc2)c(C#N)s1. The van der Waals surface area contributed by atoms with E-state index in [1.807, 2.05) is 31.9 Å². The van der Waals surface area contributed by atoms with Crippen LogP contribution in [0.15, 0.2) is 36.5 Å². The molecule has 3 heterocycles. The second kappa shape index (κ2) is 10.8. The Labute approximate surface area is 207 Å². The lowest BCUT2D eigenvalue weighted by Crippen LogP contribution is -2.31. The second-order valence-corrected chi connectivity index (χ2v) is 8.97. The van der Waals surface area contributed by atoms with E-state index in [-0.39, 0.29) is 11.6 Å². The standard InChI is InChI=1S/C25H27F2N7S/c1-4-20-18(21-12-22(19(27)15-34(21)32-20)33(5-2)11-10-29-3)14-30-25-31-24(23(13-28)35-25)16-6-8-17(26)9-7-16/h6-9,12,15,29H,4-5,10-11,14H2,1-3H3,(H,30,31). The molecule has 0 aliphatic rings. The minimum Gasteiger partial charge on any atom is -0.368 e. The summed E-state index contributed by atoms with van der Waals surface area (Å²) in [6.45, 7) is 6.54. The van der Waals surface area contributed by atoms with Crippen LogP contribution in [0.3, 0.4) is 0 Å². The number of anilines is 2. The number of likely N-dealkylation sites (N-methyl/N-ethyl adjacent to an activating group) is 2. The van der Waals surface area contributed by atoms with Gasteiger partial charge in [0.15, 0.2) is 10.9 Å². The lowest BCUT2D eigenvalue weighted by atomic mass is 10.1. The van der Waals surface area contributed by atoms with Gasteiger partial charge in [0.25, 0.3) is 0 Å². The number of aromatic nitrogens is 3. The zero-order valence-corrected chi connectivity index (χ0v) is 20.7. The van der Waals surface area contributed by atoms with E-state index in [1.54, 1.807) is 16.6 Å². The van der Waals surface area contributed by atoms with Gasteiger partial charge in [-0.3, -0.25) is 0 Å². The van der Waals surface area contributed by atoms with Crippen LogP contribution in [-0.2, 0) is 13.0 Å². The number of benzene rings is 1. The lowest BCUT2D eigenvalue weighted by Gasteiger charge is -2.23. The minimum absolute atomic E-state index is 0.317. The van der Waals surface area contributed by atoms with Gasteiger partial charge in [0.05, 0.1) is 23.1 Å². The van der Waals surface area contributed by atoms with E-state index >= 15 is 0 Å². The molecule has 4 rings (SSSR count). The van der Waals surface area contributed by atoms with Crippen molar-refractivity contribution in [3.05, 3.63) is 64.3 Å². The maximum atomic E-state index is 15.0. The smallest absolute Gasteiger partial charge is 0.184 e. The molecule has 182 valence electrons. The molecule has 0 spiro atoms. The molecule has 0 radical (unpaired) electrons. The highest BCUT2D eigenvalue weighted by Gasteiger charge is 2.19. The Hall–Kier alpha value is -3.55. The van der Waals surface area contributed by atoms with Crippen LogP contribution in [0.2, 0.25) is 0 Å². The molecule has 0 bridgehead atoms. The van der Waals surface area contributed by atoms with Crippen LogP contribution in [0, 0.1) is 23.0 Å². The van der Waals surface area contributed by atoms with E-state index in [1.165, 1.54) is 29.7 Å². The number of halogens is 2. The van der Waals surface area contributed by atoms with Crippen molar-refractivity contribution in [2.45, 2.75) is 26.8 Å². The number of hydrogen-bond donors (Lipinski definition) is 2. The van der Waals surface area contributed by atoms with E-state index in [9.17, 15) is 14.0 Å². The van der Waals surface area contributed by atoms with Crippen LogP contribution in [-0.4, -0.2) is 41.3 Å². The Morgan fingerprint density at radius 1 is 1.20 bits per heavy atom. The number of fused-ring (bicyclic) bond motifs is 1. The maximum Gasteiger partial charge on any atom is 0.184 e. The highest BCUT2D eigenvalue weighted by atomic mass is 32.1. The molecule has 0 aliphatic carbocycles. The fraction of sp³-hybridized carbons (Fsp3) is 0.320. The number of nitriles is 1. The van der Waals surface area contributed by atoms with E-state index in [2.05, 4.69) is 26.8 Å². The second-order valence-electron chi connectivity index (χ2n) is 7.97. The normalized spacial score (nSPS) is 11.1. The molecule has 3 aromatic heterocycles. The van der Waals surface area contributed by atoms with E-state index in [0.29, 0.717) is 53.0 Å². The molecule has 0 atom stereocenters. The van der Waals surface area contributed by atoms with Gasteiger partial charge in [0.2, 0.25) is 0 Å². The Balaban J connectivity index is 1.65. The summed E-state index contributed by atoms with van der Waals surface area (Å²) in [6, 6.07) is 9.95. The quantitative estimate of drug-likeness (QED) is 0.328. The van der Waals surface area contributed by atoms with Crippen molar-refractivity contribution < 1.29 is 8.78 Å². The largest absolute Gasteiger partial charge is 0.368 e. The predicted molar refractivity (Wildman–Crippen MR) is 136 cm³/mol. The van der Waals surface area contributed by atoms with Crippen LogP contribution >= 0.6 is 11.3 Å². The van der Waals surface area contributed by atoms with Gasteiger partial charge >= 0.3 is 0 Å². The number of aryl methyl sites for hydroxylation is 1. The van der Waals surface area contributed by atoms with Crippen molar-refractivity contribution in [2.75, 3.05) is 36.9 Å². The Morgan fingerprint density at radius 3 is 2.63 bits per heavy atom. The third-order valence-electron chi connectivity index (χ3n) is 5.84. The third-order valence-corrected chi connectivity index (χ3v) is 6.76. The first-order valence-corrected chi connectivity index (χ1v) is 12.3. The molecule has 0 unspecified atom stereocenters. The van der Waals surface area contributed by atoms with Gasteiger partial charge in [-0.15, -0.1) is 0 Å². The molecule has 0 saturated carbocycles. The summed E-state index contributed by atoms with van der Waals surface area (Å²) < 4.78 is 29.9. The van der Waals surface area contributed by atoms with E-state index in [0.717, 1.165) is 23.3 Å². The molecular formula is C25H27F2N7S. The van der Waals surface area contributed by atoms with Gasteiger partial charge in [-0.2, -0.15) is 10.4 Å². The third kappa shape index (κ3) is 5.11. The van der Waals surface area contributed by atoms with Gasteiger partial charge in [-0.1, -0.05) is 18.3 Å². The number of hydrogen-bond acceptors (Lipinski definition) is 7. The first kappa shape index (κ1) is 24.6. The molecule has 0 amide bonds. The van der Waals surface area contributed by atoms with Crippen LogP contribution in [0.25, 0.3) is 16.8 Å². The van der Waals surface area contributed by atoms with Crippen molar-refractivity contribution in [1.82, 2.24) is 19.9 Å². The zero-order chi connectivity index (χ0) is 24.9. The molecule has 35 heavy (non-hydrogen) atoms. The monoisotopic (exact) mass is 495 g/mol. The molecule has 2 N–H and O–H groups in total. The summed E-state index contributed by atoms with van der Waals surface area (Å²) in [5.41, 5.74) is 4.38. The molecule has 0 aliphatic heterocycles. The molecule has 4 aromatic rings. The molecule has 10 heteroatoms. The van der Waals surface area contributed by atoms with Crippen LogP contribution in [0.1, 0.15) is 30.0 Å².